The maximum Gasteiger partial charge on any atom is 0.453 e. The zero-order valence-corrected chi connectivity index (χ0v) is 10.9. The molecule has 0 fully saturated rings. The summed E-state index contributed by atoms with van der Waals surface area (Å²) >= 11 is 3.09. The fourth-order valence-electron chi connectivity index (χ4n) is 1.41. The predicted molar refractivity (Wildman–Crippen MR) is 59.5 cm³/mol. The number of ether oxygens (including phenoxy) is 1. The Morgan fingerprint density at radius 2 is 1.72 bits per heavy atom. The number of alkyl halides is 5. The molecular weight excluding hydrogens is 323 g/mol. The number of hydrogen-bond donors (Lipinski definition) is 0. The molecule has 7 heteroatoms. The zero-order valence-electron chi connectivity index (χ0n) is 9.27. The van der Waals surface area contributed by atoms with Gasteiger partial charge in [0.25, 0.3) is 0 Å². The van der Waals surface area contributed by atoms with Crippen molar-refractivity contribution >= 4 is 15.9 Å². The molecule has 0 spiro atoms. The van der Waals surface area contributed by atoms with Crippen LogP contribution in [0.2, 0.25) is 0 Å². The molecule has 1 aromatic carbocycles. The van der Waals surface area contributed by atoms with Gasteiger partial charge in [-0.25, -0.2) is 0 Å². The Labute approximate surface area is 109 Å². The highest BCUT2D eigenvalue weighted by Crippen LogP contribution is 2.43. The van der Waals surface area contributed by atoms with E-state index in [4.69, 9.17) is 4.74 Å². The first-order chi connectivity index (χ1) is 8.19. The molecule has 1 atom stereocenters. The summed E-state index contributed by atoms with van der Waals surface area (Å²) in [6, 6.07) is 6.15. The first-order valence-electron chi connectivity index (χ1n) is 4.91. The molecule has 0 aliphatic heterocycles. The van der Waals surface area contributed by atoms with Crippen LogP contribution in [0.25, 0.3) is 0 Å². The van der Waals surface area contributed by atoms with Gasteiger partial charge >= 0.3 is 12.1 Å². The third-order valence-electron chi connectivity index (χ3n) is 2.39. The third-order valence-corrected chi connectivity index (χ3v) is 3.12. The van der Waals surface area contributed by atoms with Crippen LogP contribution in [-0.4, -0.2) is 19.2 Å². The fraction of sp³-hybridized carbons (Fsp3) is 0.455. The maximum atomic E-state index is 13.0. The van der Waals surface area contributed by atoms with Crippen LogP contribution in [0.1, 0.15) is 18.1 Å². The van der Waals surface area contributed by atoms with Gasteiger partial charge in [-0.3, -0.25) is 0 Å². The van der Waals surface area contributed by atoms with E-state index < -0.39 is 24.6 Å². The Kier molecular flexibility index (Phi) is 4.72. The number of hydrogen-bond acceptors (Lipinski definition) is 1. The summed E-state index contributed by atoms with van der Waals surface area (Å²) in [6.45, 7) is 0. The monoisotopic (exact) mass is 332 g/mol. The molecule has 102 valence electrons. The van der Waals surface area contributed by atoms with Crippen molar-refractivity contribution in [3.8, 4) is 0 Å². The zero-order chi connectivity index (χ0) is 14.0. The summed E-state index contributed by atoms with van der Waals surface area (Å²) in [5, 5.41) is 0. The van der Waals surface area contributed by atoms with Gasteiger partial charge in [0.2, 0.25) is 0 Å². The Bertz CT molecular complexity index is 405. The first kappa shape index (κ1) is 15.4. The van der Waals surface area contributed by atoms with Gasteiger partial charge in [-0.05, 0) is 11.6 Å². The number of methoxy groups -OCH3 is 1. The number of halogens is 6. The van der Waals surface area contributed by atoms with Crippen LogP contribution in [-0.2, 0) is 4.74 Å². The van der Waals surface area contributed by atoms with Crippen molar-refractivity contribution in [2.45, 2.75) is 24.6 Å². The molecule has 1 rings (SSSR count). The smallest absolute Gasteiger partial charge is 0.376 e. The van der Waals surface area contributed by atoms with E-state index in [9.17, 15) is 22.0 Å². The largest absolute Gasteiger partial charge is 0.453 e. The summed E-state index contributed by atoms with van der Waals surface area (Å²) in [5.74, 6) is -4.79. The fourth-order valence-corrected chi connectivity index (χ4v) is 1.95. The summed E-state index contributed by atoms with van der Waals surface area (Å²) in [6.07, 6.45) is -8.36. The molecule has 0 saturated heterocycles. The van der Waals surface area contributed by atoms with Gasteiger partial charge in [0.05, 0.1) is 12.5 Å². The molecule has 0 radical (unpaired) electrons. The van der Waals surface area contributed by atoms with E-state index in [1.807, 2.05) is 0 Å². The second-order valence-corrected chi connectivity index (χ2v) is 4.51. The molecule has 0 N–H and O–H groups in total. The van der Waals surface area contributed by atoms with Crippen molar-refractivity contribution in [1.29, 1.82) is 0 Å². The molecule has 0 heterocycles. The lowest BCUT2D eigenvalue weighted by Crippen LogP contribution is -2.38. The van der Waals surface area contributed by atoms with Gasteiger partial charge in [0.15, 0.2) is 0 Å². The van der Waals surface area contributed by atoms with Gasteiger partial charge in [-0.2, -0.15) is 22.0 Å². The summed E-state index contributed by atoms with van der Waals surface area (Å²) in [4.78, 5) is 0. The highest BCUT2D eigenvalue weighted by atomic mass is 79.9. The van der Waals surface area contributed by atoms with E-state index in [0.29, 0.717) is 4.47 Å². The number of benzene rings is 1. The normalized spacial score (nSPS) is 14.6. The lowest BCUT2D eigenvalue weighted by atomic mass is 10.0. The topological polar surface area (TPSA) is 9.23 Å². The number of rotatable bonds is 4. The second-order valence-electron chi connectivity index (χ2n) is 3.65. The van der Waals surface area contributed by atoms with E-state index in [2.05, 4.69) is 15.9 Å². The molecule has 0 bridgehead atoms. The Hall–Kier alpha value is -0.690. The minimum absolute atomic E-state index is 0.254. The standard InChI is InChI=1S/C11H10BrF5O/c1-18-9(6-10(13,14)11(15,16)17)7-4-2-3-5-8(7)12/h2-5,9H,6H2,1H3. The van der Waals surface area contributed by atoms with Crippen LogP contribution < -0.4 is 0 Å². The quantitative estimate of drug-likeness (QED) is 0.724. The van der Waals surface area contributed by atoms with Crippen LogP contribution in [0.3, 0.4) is 0 Å². The Morgan fingerprint density at radius 3 is 2.17 bits per heavy atom. The van der Waals surface area contributed by atoms with E-state index in [1.54, 1.807) is 12.1 Å². The van der Waals surface area contributed by atoms with Crippen molar-refractivity contribution in [1.82, 2.24) is 0 Å². The van der Waals surface area contributed by atoms with Crippen LogP contribution in [0.4, 0.5) is 22.0 Å². The van der Waals surface area contributed by atoms with E-state index >= 15 is 0 Å². The lowest BCUT2D eigenvalue weighted by Gasteiger charge is -2.25. The molecule has 1 aromatic rings. The maximum absolute atomic E-state index is 13.0. The highest BCUT2D eigenvalue weighted by molar-refractivity contribution is 9.10. The molecule has 18 heavy (non-hydrogen) atoms. The van der Waals surface area contributed by atoms with Crippen LogP contribution >= 0.6 is 15.9 Å². The molecule has 0 amide bonds. The van der Waals surface area contributed by atoms with Gasteiger partial charge in [0.1, 0.15) is 0 Å². The van der Waals surface area contributed by atoms with Crippen LogP contribution in [0.5, 0.6) is 0 Å². The molecule has 0 aromatic heterocycles. The average Bonchev–Trinajstić information content (AvgIpc) is 2.25. The van der Waals surface area contributed by atoms with Crippen LogP contribution in [0.15, 0.2) is 28.7 Å². The van der Waals surface area contributed by atoms with E-state index in [1.165, 1.54) is 12.1 Å². The van der Waals surface area contributed by atoms with E-state index in [-0.39, 0.29) is 5.56 Å². The SMILES string of the molecule is COC(CC(F)(F)C(F)(F)F)c1ccccc1Br. The lowest BCUT2D eigenvalue weighted by molar-refractivity contribution is -0.291. The van der Waals surface area contributed by atoms with Gasteiger partial charge in [-0.1, -0.05) is 34.1 Å². The average molecular weight is 333 g/mol. The molecule has 0 aliphatic carbocycles. The van der Waals surface area contributed by atoms with Crippen molar-refractivity contribution in [3.05, 3.63) is 34.3 Å². The van der Waals surface area contributed by atoms with Gasteiger partial charge in [-0.15, -0.1) is 0 Å². The highest BCUT2D eigenvalue weighted by Gasteiger charge is 2.58. The van der Waals surface area contributed by atoms with Gasteiger partial charge in [0, 0.05) is 11.6 Å². The molecule has 1 unspecified atom stereocenters. The Balaban J connectivity index is 2.97. The van der Waals surface area contributed by atoms with Crippen molar-refractivity contribution in [2.75, 3.05) is 7.11 Å². The second kappa shape index (κ2) is 5.52. The first-order valence-corrected chi connectivity index (χ1v) is 5.70. The Morgan fingerprint density at radius 1 is 1.17 bits per heavy atom. The third kappa shape index (κ3) is 3.41. The van der Waals surface area contributed by atoms with Gasteiger partial charge < -0.3 is 4.74 Å². The summed E-state index contributed by atoms with van der Waals surface area (Å²) in [5.41, 5.74) is 0.254. The molecular formula is C11H10BrF5O. The molecule has 0 aliphatic rings. The summed E-state index contributed by atoms with van der Waals surface area (Å²) < 4.78 is 67.5. The minimum atomic E-state index is -5.58. The molecule has 0 saturated carbocycles. The van der Waals surface area contributed by atoms with E-state index in [0.717, 1.165) is 7.11 Å². The van der Waals surface area contributed by atoms with Crippen LogP contribution in [0, 0.1) is 0 Å². The van der Waals surface area contributed by atoms with Crippen molar-refractivity contribution in [3.63, 3.8) is 0 Å². The molecule has 1 nitrogen and oxygen atoms in total. The predicted octanol–water partition coefficient (Wildman–Crippen LogP) is 4.72. The summed E-state index contributed by atoms with van der Waals surface area (Å²) in [7, 11) is 1.09. The van der Waals surface area contributed by atoms with Crippen molar-refractivity contribution in [2.24, 2.45) is 0 Å². The minimum Gasteiger partial charge on any atom is -0.376 e. The van der Waals surface area contributed by atoms with Crippen molar-refractivity contribution < 1.29 is 26.7 Å².